The molecule has 0 saturated heterocycles. The van der Waals surface area contributed by atoms with Crippen LogP contribution in [0.2, 0.25) is 5.02 Å². The zero-order valence-electron chi connectivity index (χ0n) is 10.4. The van der Waals surface area contributed by atoms with Crippen LogP contribution in [0, 0.1) is 0 Å². The van der Waals surface area contributed by atoms with Gasteiger partial charge in [0.2, 0.25) is 0 Å². The summed E-state index contributed by atoms with van der Waals surface area (Å²) < 4.78 is 10.5. The van der Waals surface area contributed by atoms with Crippen LogP contribution in [0.15, 0.2) is 47.1 Å². The molecule has 1 amide bonds. The standard InChI is InChI=1S/C14H14ClNO3/c1-18-13(12-3-2-8-19-12)9-16-14(17)10-4-6-11(15)7-5-10/h2-8,13H,9H2,1H3,(H,16,17). The van der Waals surface area contributed by atoms with Gasteiger partial charge in [0, 0.05) is 17.7 Å². The van der Waals surface area contributed by atoms with Crippen LogP contribution in [0.25, 0.3) is 0 Å². The smallest absolute Gasteiger partial charge is 0.251 e. The molecule has 100 valence electrons. The van der Waals surface area contributed by atoms with Gasteiger partial charge in [-0.3, -0.25) is 4.79 Å². The molecule has 2 aromatic rings. The molecule has 1 heterocycles. The van der Waals surface area contributed by atoms with E-state index in [2.05, 4.69) is 5.32 Å². The number of carbonyl (C=O) groups excluding carboxylic acids is 1. The van der Waals surface area contributed by atoms with E-state index in [-0.39, 0.29) is 12.0 Å². The maximum absolute atomic E-state index is 11.9. The quantitative estimate of drug-likeness (QED) is 0.915. The summed E-state index contributed by atoms with van der Waals surface area (Å²) in [5, 5.41) is 3.39. The summed E-state index contributed by atoms with van der Waals surface area (Å²) in [6, 6.07) is 10.3. The van der Waals surface area contributed by atoms with Gasteiger partial charge in [0.15, 0.2) is 0 Å². The van der Waals surface area contributed by atoms with Gasteiger partial charge >= 0.3 is 0 Å². The first-order valence-electron chi connectivity index (χ1n) is 5.80. The van der Waals surface area contributed by atoms with Crippen molar-refractivity contribution in [2.75, 3.05) is 13.7 Å². The third-order valence-electron chi connectivity index (χ3n) is 2.70. The maximum Gasteiger partial charge on any atom is 0.251 e. The molecule has 0 fully saturated rings. The van der Waals surface area contributed by atoms with E-state index < -0.39 is 0 Å². The van der Waals surface area contributed by atoms with Crippen LogP contribution in [0.1, 0.15) is 22.2 Å². The van der Waals surface area contributed by atoms with E-state index >= 15 is 0 Å². The predicted octanol–water partition coefficient (Wildman–Crippen LogP) is 3.05. The first kappa shape index (κ1) is 13.6. The molecule has 1 N–H and O–H groups in total. The topological polar surface area (TPSA) is 51.5 Å². The first-order chi connectivity index (χ1) is 9.20. The van der Waals surface area contributed by atoms with Crippen molar-refractivity contribution >= 4 is 17.5 Å². The van der Waals surface area contributed by atoms with E-state index in [1.165, 1.54) is 0 Å². The molecule has 1 aromatic carbocycles. The van der Waals surface area contributed by atoms with Crippen LogP contribution < -0.4 is 5.32 Å². The minimum absolute atomic E-state index is 0.176. The Bertz CT molecular complexity index is 522. The molecule has 0 saturated carbocycles. The number of hydrogen-bond donors (Lipinski definition) is 1. The van der Waals surface area contributed by atoms with Gasteiger partial charge in [-0.25, -0.2) is 0 Å². The van der Waals surface area contributed by atoms with E-state index in [4.69, 9.17) is 20.8 Å². The number of methoxy groups -OCH3 is 1. The van der Waals surface area contributed by atoms with Crippen molar-refractivity contribution in [2.45, 2.75) is 6.10 Å². The average Bonchev–Trinajstić information content (AvgIpc) is 2.94. The van der Waals surface area contributed by atoms with E-state index in [0.717, 1.165) is 0 Å². The minimum atomic E-state index is -0.300. The number of nitrogens with one attached hydrogen (secondary N) is 1. The Morgan fingerprint density at radius 1 is 1.37 bits per heavy atom. The van der Waals surface area contributed by atoms with Gasteiger partial charge in [-0.15, -0.1) is 0 Å². The number of benzene rings is 1. The van der Waals surface area contributed by atoms with Crippen LogP contribution in [-0.4, -0.2) is 19.6 Å². The molecule has 0 spiro atoms. The van der Waals surface area contributed by atoms with Gasteiger partial charge in [0.1, 0.15) is 11.9 Å². The highest BCUT2D eigenvalue weighted by molar-refractivity contribution is 6.30. The molecule has 5 heteroatoms. The van der Waals surface area contributed by atoms with E-state index in [1.54, 1.807) is 43.7 Å². The third-order valence-corrected chi connectivity index (χ3v) is 2.95. The molecular formula is C14H14ClNO3. The Kier molecular flexibility index (Phi) is 4.60. The molecule has 1 unspecified atom stereocenters. The van der Waals surface area contributed by atoms with Crippen molar-refractivity contribution in [2.24, 2.45) is 0 Å². The van der Waals surface area contributed by atoms with Crippen molar-refractivity contribution in [1.29, 1.82) is 0 Å². The summed E-state index contributed by atoms with van der Waals surface area (Å²) in [5.41, 5.74) is 0.554. The number of halogens is 1. The fourth-order valence-electron chi connectivity index (χ4n) is 1.66. The molecule has 19 heavy (non-hydrogen) atoms. The average molecular weight is 280 g/mol. The van der Waals surface area contributed by atoms with Gasteiger partial charge in [0.25, 0.3) is 5.91 Å². The molecule has 0 radical (unpaired) electrons. The lowest BCUT2D eigenvalue weighted by molar-refractivity contribution is 0.0738. The summed E-state index contributed by atoms with van der Waals surface area (Å²) in [6.07, 6.45) is 1.27. The monoisotopic (exact) mass is 279 g/mol. The molecule has 0 aliphatic heterocycles. The molecule has 1 aromatic heterocycles. The summed E-state index contributed by atoms with van der Waals surface area (Å²) in [4.78, 5) is 11.9. The second kappa shape index (κ2) is 6.41. The lowest BCUT2D eigenvalue weighted by atomic mass is 10.2. The Morgan fingerprint density at radius 2 is 2.11 bits per heavy atom. The second-order valence-corrected chi connectivity index (χ2v) is 4.39. The molecule has 4 nitrogen and oxygen atoms in total. The Labute approximate surface area is 116 Å². The molecule has 0 bridgehead atoms. The molecule has 1 atom stereocenters. The van der Waals surface area contributed by atoms with E-state index in [1.807, 2.05) is 6.07 Å². The van der Waals surface area contributed by atoms with Crippen LogP contribution in [0.4, 0.5) is 0 Å². The number of furan rings is 1. The zero-order chi connectivity index (χ0) is 13.7. The van der Waals surface area contributed by atoms with Gasteiger partial charge in [0.05, 0.1) is 12.8 Å². The van der Waals surface area contributed by atoms with Crippen molar-refractivity contribution in [3.05, 3.63) is 59.0 Å². The highest BCUT2D eigenvalue weighted by atomic mass is 35.5. The molecule has 0 aliphatic carbocycles. The van der Waals surface area contributed by atoms with Crippen LogP contribution in [0.3, 0.4) is 0 Å². The molecule has 0 aliphatic rings. The summed E-state index contributed by atoms with van der Waals surface area (Å²) in [6.45, 7) is 0.339. The van der Waals surface area contributed by atoms with Crippen LogP contribution in [-0.2, 0) is 4.74 Å². The number of rotatable bonds is 5. The van der Waals surface area contributed by atoms with Gasteiger partial charge in [-0.05, 0) is 36.4 Å². The molecular weight excluding hydrogens is 266 g/mol. The van der Waals surface area contributed by atoms with Crippen LogP contribution >= 0.6 is 11.6 Å². The zero-order valence-corrected chi connectivity index (χ0v) is 11.2. The highest BCUT2D eigenvalue weighted by Crippen LogP contribution is 2.16. The number of amides is 1. The normalized spacial score (nSPS) is 12.1. The van der Waals surface area contributed by atoms with Crippen molar-refractivity contribution in [1.82, 2.24) is 5.32 Å². The third kappa shape index (κ3) is 3.59. The second-order valence-electron chi connectivity index (χ2n) is 3.96. The van der Waals surface area contributed by atoms with Gasteiger partial charge < -0.3 is 14.5 Å². The number of carbonyl (C=O) groups is 1. The fourth-order valence-corrected chi connectivity index (χ4v) is 1.79. The Hall–Kier alpha value is -1.78. The number of ether oxygens (including phenoxy) is 1. The SMILES string of the molecule is COC(CNC(=O)c1ccc(Cl)cc1)c1ccco1. The predicted molar refractivity (Wildman–Crippen MR) is 72.2 cm³/mol. The highest BCUT2D eigenvalue weighted by Gasteiger charge is 2.15. The first-order valence-corrected chi connectivity index (χ1v) is 6.18. The van der Waals surface area contributed by atoms with Crippen molar-refractivity contribution in [3.63, 3.8) is 0 Å². The number of hydrogen-bond acceptors (Lipinski definition) is 3. The Balaban J connectivity index is 1.94. The minimum Gasteiger partial charge on any atom is -0.467 e. The van der Waals surface area contributed by atoms with Gasteiger partial charge in [-0.1, -0.05) is 11.6 Å². The largest absolute Gasteiger partial charge is 0.467 e. The summed E-state index contributed by atoms with van der Waals surface area (Å²) in [7, 11) is 1.57. The van der Waals surface area contributed by atoms with Crippen molar-refractivity contribution in [3.8, 4) is 0 Å². The lowest BCUT2D eigenvalue weighted by Crippen LogP contribution is -2.28. The van der Waals surface area contributed by atoms with Gasteiger partial charge in [-0.2, -0.15) is 0 Å². The summed E-state index contributed by atoms with van der Waals surface area (Å²) in [5.74, 6) is 0.504. The van der Waals surface area contributed by atoms with E-state index in [0.29, 0.717) is 22.9 Å². The summed E-state index contributed by atoms with van der Waals surface area (Å²) >= 11 is 5.77. The molecule has 2 rings (SSSR count). The Morgan fingerprint density at radius 3 is 2.68 bits per heavy atom. The van der Waals surface area contributed by atoms with E-state index in [9.17, 15) is 4.79 Å². The fraction of sp³-hybridized carbons (Fsp3) is 0.214. The van der Waals surface area contributed by atoms with Crippen LogP contribution in [0.5, 0.6) is 0 Å². The lowest BCUT2D eigenvalue weighted by Gasteiger charge is -2.13. The maximum atomic E-state index is 11.9. The van der Waals surface area contributed by atoms with Crippen molar-refractivity contribution < 1.29 is 13.9 Å².